The number of benzene rings is 1. The molecule has 19 heavy (non-hydrogen) atoms. The third kappa shape index (κ3) is 4.05. The molecule has 1 saturated heterocycles. The van der Waals surface area contributed by atoms with Crippen LogP contribution < -0.4 is 0 Å². The Kier molecular flexibility index (Phi) is 4.99. The number of nitrogens with zero attached hydrogens (tertiary/aromatic N) is 1. The minimum absolute atomic E-state index is 0.201. The van der Waals surface area contributed by atoms with E-state index in [0.717, 1.165) is 10.9 Å². The van der Waals surface area contributed by atoms with Crippen molar-refractivity contribution in [3.63, 3.8) is 0 Å². The quantitative estimate of drug-likeness (QED) is 0.928. The number of hydrogen-bond donors (Lipinski definition) is 1. The zero-order valence-electron chi connectivity index (χ0n) is 11.2. The van der Waals surface area contributed by atoms with Crippen LogP contribution in [0.1, 0.15) is 30.4 Å². The van der Waals surface area contributed by atoms with Gasteiger partial charge in [-0.1, -0.05) is 28.1 Å². The molecular weight excluding hydrogens is 306 g/mol. The Morgan fingerprint density at radius 2 is 2.11 bits per heavy atom. The number of amides is 1. The van der Waals surface area contributed by atoms with Gasteiger partial charge in [0.15, 0.2) is 0 Å². The second-order valence-corrected chi connectivity index (χ2v) is 6.05. The Hall–Kier alpha value is -0.870. The van der Waals surface area contributed by atoms with Crippen LogP contribution in [0.3, 0.4) is 0 Å². The number of halogens is 1. The summed E-state index contributed by atoms with van der Waals surface area (Å²) in [7, 11) is 0. The van der Waals surface area contributed by atoms with Crippen LogP contribution in [-0.4, -0.2) is 35.1 Å². The lowest BCUT2D eigenvalue weighted by Crippen LogP contribution is -2.40. The molecule has 0 saturated carbocycles. The molecule has 1 heterocycles. The number of aryl methyl sites for hydroxylation is 2. The van der Waals surface area contributed by atoms with Gasteiger partial charge >= 0.3 is 0 Å². The van der Waals surface area contributed by atoms with Crippen LogP contribution >= 0.6 is 15.9 Å². The van der Waals surface area contributed by atoms with E-state index in [4.69, 9.17) is 0 Å². The monoisotopic (exact) mass is 325 g/mol. The Balaban J connectivity index is 1.84. The number of carbonyl (C=O) groups excluding carboxylic acids is 1. The molecule has 1 aliphatic rings. The highest BCUT2D eigenvalue weighted by Crippen LogP contribution is 2.18. The normalized spacial score (nSPS) is 16.7. The van der Waals surface area contributed by atoms with E-state index in [9.17, 15) is 9.90 Å². The van der Waals surface area contributed by atoms with Crippen molar-refractivity contribution in [1.29, 1.82) is 0 Å². The molecule has 1 aliphatic heterocycles. The Labute approximate surface area is 122 Å². The molecule has 0 bridgehead atoms. The van der Waals surface area contributed by atoms with Crippen molar-refractivity contribution in [3.05, 3.63) is 33.8 Å². The fourth-order valence-corrected chi connectivity index (χ4v) is 2.63. The average Bonchev–Trinajstić information content (AvgIpc) is 2.40. The van der Waals surface area contributed by atoms with Crippen molar-refractivity contribution >= 4 is 21.8 Å². The summed E-state index contributed by atoms with van der Waals surface area (Å²) in [5.41, 5.74) is 2.40. The molecule has 0 aliphatic carbocycles. The highest BCUT2D eigenvalue weighted by molar-refractivity contribution is 9.10. The van der Waals surface area contributed by atoms with E-state index in [1.807, 2.05) is 11.0 Å². The van der Waals surface area contributed by atoms with Crippen LogP contribution in [0.15, 0.2) is 22.7 Å². The van der Waals surface area contributed by atoms with Crippen molar-refractivity contribution in [2.24, 2.45) is 0 Å². The van der Waals surface area contributed by atoms with E-state index in [1.54, 1.807) is 0 Å². The topological polar surface area (TPSA) is 40.5 Å². The Morgan fingerprint density at radius 3 is 2.74 bits per heavy atom. The SMILES string of the molecule is Cc1cc(CCC(=O)N2CCC(O)CC2)ccc1Br. The zero-order valence-corrected chi connectivity index (χ0v) is 12.8. The first kappa shape index (κ1) is 14.5. The molecule has 0 spiro atoms. The first-order valence-corrected chi connectivity index (χ1v) is 7.56. The van der Waals surface area contributed by atoms with E-state index in [1.165, 1.54) is 11.1 Å². The van der Waals surface area contributed by atoms with Gasteiger partial charge in [-0.15, -0.1) is 0 Å². The molecule has 1 N–H and O–H groups in total. The molecule has 0 atom stereocenters. The number of rotatable bonds is 3. The van der Waals surface area contributed by atoms with Gasteiger partial charge < -0.3 is 10.0 Å². The van der Waals surface area contributed by atoms with E-state index in [0.29, 0.717) is 32.4 Å². The number of aliphatic hydroxyl groups is 1. The third-order valence-corrected chi connectivity index (χ3v) is 4.56. The van der Waals surface area contributed by atoms with Crippen LogP contribution in [0.4, 0.5) is 0 Å². The number of piperidine rings is 1. The largest absolute Gasteiger partial charge is 0.393 e. The van der Waals surface area contributed by atoms with Gasteiger partial charge in [-0.25, -0.2) is 0 Å². The van der Waals surface area contributed by atoms with Crippen LogP contribution in [-0.2, 0) is 11.2 Å². The first-order chi connectivity index (χ1) is 9.06. The third-order valence-electron chi connectivity index (χ3n) is 3.67. The molecule has 4 heteroatoms. The Bertz CT molecular complexity index is 453. The van der Waals surface area contributed by atoms with Gasteiger partial charge in [0, 0.05) is 24.0 Å². The predicted octanol–water partition coefficient (Wildman–Crippen LogP) is 2.67. The van der Waals surface area contributed by atoms with Gasteiger partial charge in [-0.05, 0) is 43.4 Å². The predicted molar refractivity (Wildman–Crippen MR) is 79.0 cm³/mol. The molecule has 1 aromatic rings. The molecule has 0 unspecified atom stereocenters. The van der Waals surface area contributed by atoms with E-state index in [-0.39, 0.29) is 12.0 Å². The number of likely N-dealkylation sites (tertiary alicyclic amines) is 1. The van der Waals surface area contributed by atoms with Gasteiger partial charge in [0.2, 0.25) is 5.91 Å². The van der Waals surface area contributed by atoms with Crippen LogP contribution in [0.25, 0.3) is 0 Å². The lowest BCUT2D eigenvalue weighted by atomic mass is 10.0. The minimum atomic E-state index is -0.224. The van der Waals surface area contributed by atoms with Crippen molar-refractivity contribution in [2.75, 3.05) is 13.1 Å². The van der Waals surface area contributed by atoms with Gasteiger partial charge in [-0.3, -0.25) is 4.79 Å². The van der Waals surface area contributed by atoms with E-state index in [2.05, 4.69) is 35.0 Å². The van der Waals surface area contributed by atoms with Crippen LogP contribution in [0.5, 0.6) is 0 Å². The van der Waals surface area contributed by atoms with Gasteiger partial charge in [0.1, 0.15) is 0 Å². The van der Waals surface area contributed by atoms with Gasteiger partial charge in [0.05, 0.1) is 6.10 Å². The maximum absolute atomic E-state index is 12.1. The zero-order chi connectivity index (χ0) is 13.8. The molecule has 1 amide bonds. The summed E-state index contributed by atoms with van der Waals surface area (Å²) in [6.07, 6.45) is 2.54. The van der Waals surface area contributed by atoms with Gasteiger partial charge in [0.25, 0.3) is 0 Å². The standard InChI is InChI=1S/C15H20BrNO2/c1-11-10-12(2-4-14(11)16)3-5-15(19)17-8-6-13(18)7-9-17/h2,4,10,13,18H,3,5-9H2,1H3. The van der Waals surface area contributed by atoms with E-state index >= 15 is 0 Å². The summed E-state index contributed by atoms with van der Waals surface area (Å²) < 4.78 is 1.10. The summed E-state index contributed by atoms with van der Waals surface area (Å²) in [6, 6.07) is 6.22. The molecular formula is C15H20BrNO2. The molecule has 0 aromatic heterocycles. The maximum atomic E-state index is 12.1. The maximum Gasteiger partial charge on any atom is 0.222 e. The second-order valence-electron chi connectivity index (χ2n) is 5.20. The highest BCUT2D eigenvalue weighted by atomic mass is 79.9. The van der Waals surface area contributed by atoms with Gasteiger partial charge in [-0.2, -0.15) is 0 Å². The van der Waals surface area contributed by atoms with E-state index < -0.39 is 0 Å². The van der Waals surface area contributed by atoms with Crippen molar-refractivity contribution < 1.29 is 9.90 Å². The number of aliphatic hydroxyl groups excluding tert-OH is 1. The summed E-state index contributed by atoms with van der Waals surface area (Å²) in [5.74, 6) is 0.201. The van der Waals surface area contributed by atoms with Crippen LogP contribution in [0.2, 0.25) is 0 Å². The number of hydrogen-bond acceptors (Lipinski definition) is 2. The lowest BCUT2D eigenvalue weighted by molar-refractivity contribution is -0.133. The molecule has 1 fully saturated rings. The molecule has 3 nitrogen and oxygen atoms in total. The smallest absolute Gasteiger partial charge is 0.222 e. The minimum Gasteiger partial charge on any atom is -0.393 e. The average molecular weight is 326 g/mol. The molecule has 104 valence electrons. The summed E-state index contributed by atoms with van der Waals surface area (Å²) in [6.45, 7) is 3.44. The fraction of sp³-hybridized carbons (Fsp3) is 0.533. The highest BCUT2D eigenvalue weighted by Gasteiger charge is 2.20. The lowest BCUT2D eigenvalue weighted by Gasteiger charge is -2.29. The molecule has 2 rings (SSSR count). The van der Waals surface area contributed by atoms with Crippen molar-refractivity contribution in [3.8, 4) is 0 Å². The second kappa shape index (κ2) is 6.53. The van der Waals surface area contributed by atoms with Crippen LogP contribution in [0, 0.1) is 6.92 Å². The summed E-state index contributed by atoms with van der Waals surface area (Å²) in [5, 5.41) is 9.43. The summed E-state index contributed by atoms with van der Waals surface area (Å²) in [4.78, 5) is 13.9. The Morgan fingerprint density at radius 1 is 1.42 bits per heavy atom. The van der Waals surface area contributed by atoms with Crippen molar-refractivity contribution in [2.45, 2.75) is 38.7 Å². The first-order valence-electron chi connectivity index (χ1n) is 6.77. The molecule has 0 radical (unpaired) electrons. The summed E-state index contributed by atoms with van der Waals surface area (Å²) >= 11 is 3.48. The number of carbonyl (C=O) groups is 1. The fourth-order valence-electron chi connectivity index (χ4n) is 2.39. The van der Waals surface area contributed by atoms with Crippen molar-refractivity contribution in [1.82, 2.24) is 4.90 Å². The molecule has 1 aromatic carbocycles.